The Hall–Kier alpha value is -3.04. The van der Waals surface area contributed by atoms with Crippen LogP contribution in [-0.2, 0) is 6.18 Å². The molecule has 2 aliphatic rings. The number of para-hydroxylation sites is 1. The summed E-state index contributed by atoms with van der Waals surface area (Å²) in [6, 6.07) is 9.43. The number of ether oxygens (including phenoxy) is 1. The van der Waals surface area contributed by atoms with Gasteiger partial charge in [-0.3, -0.25) is 4.99 Å². The average molecular weight is 469 g/mol. The Kier molecular flexibility index (Phi) is 6.11. The van der Waals surface area contributed by atoms with Crippen molar-refractivity contribution in [2.45, 2.75) is 44.8 Å². The summed E-state index contributed by atoms with van der Waals surface area (Å²) in [6.45, 7) is 2.41. The van der Waals surface area contributed by atoms with Crippen molar-refractivity contribution in [1.82, 2.24) is 0 Å². The van der Waals surface area contributed by atoms with Gasteiger partial charge >= 0.3 is 12.5 Å². The molecule has 33 heavy (non-hydrogen) atoms. The van der Waals surface area contributed by atoms with E-state index < -0.39 is 23.9 Å². The van der Waals surface area contributed by atoms with E-state index in [2.05, 4.69) is 14.7 Å². The van der Waals surface area contributed by atoms with Gasteiger partial charge in [0.25, 0.3) is 0 Å². The third-order valence-corrected chi connectivity index (χ3v) is 5.72. The van der Waals surface area contributed by atoms with E-state index in [-0.39, 0.29) is 40.9 Å². The second-order valence-corrected chi connectivity index (χ2v) is 8.01. The number of benzene rings is 2. The van der Waals surface area contributed by atoms with Crippen LogP contribution in [0.4, 0.5) is 32.0 Å². The highest BCUT2D eigenvalue weighted by molar-refractivity contribution is 6.18. The third kappa shape index (κ3) is 5.15. The van der Waals surface area contributed by atoms with E-state index >= 15 is 0 Å². The molecular weight excluding hydrogens is 448 g/mol. The molecule has 0 N–H and O–H groups in total. The van der Waals surface area contributed by atoms with Crippen LogP contribution in [0.25, 0.3) is 0 Å². The lowest BCUT2D eigenvalue weighted by Crippen LogP contribution is -2.38. The van der Waals surface area contributed by atoms with Crippen molar-refractivity contribution in [2.75, 3.05) is 18.0 Å². The normalized spacial score (nSPS) is 19.4. The molecule has 4 nitrogen and oxygen atoms in total. The van der Waals surface area contributed by atoms with Crippen LogP contribution >= 0.6 is 0 Å². The van der Waals surface area contributed by atoms with Gasteiger partial charge in [-0.25, -0.2) is 4.99 Å². The summed E-state index contributed by atoms with van der Waals surface area (Å²) < 4.78 is 84.0. The van der Waals surface area contributed by atoms with Crippen LogP contribution < -0.4 is 9.64 Å². The number of alkyl halides is 6. The van der Waals surface area contributed by atoms with Crippen LogP contribution in [0.1, 0.15) is 42.9 Å². The van der Waals surface area contributed by atoms with Crippen molar-refractivity contribution in [2.24, 2.45) is 9.98 Å². The van der Waals surface area contributed by atoms with Crippen LogP contribution in [0.5, 0.6) is 5.75 Å². The van der Waals surface area contributed by atoms with Crippen molar-refractivity contribution in [3.05, 3.63) is 59.2 Å². The topological polar surface area (TPSA) is 37.2 Å². The minimum atomic E-state index is -4.90. The minimum Gasteiger partial charge on any atom is -0.405 e. The number of aliphatic imine (C=N–C) groups is 2. The molecule has 4 rings (SSSR count). The number of piperidine rings is 1. The zero-order chi connectivity index (χ0) is 23.8. The number of rotatable bonds is 4. The molecule has 1 saturated heterocycles. The molecule has 2 heterocycles. The van der Waals surface area contributed by atoms with Gasteiger partial charge in [0.05, 0.1) is 23.4 Å². The van der Waals surface area contributed by atoms with E-state index in [4.69, 9.17) is 0 Å². The lowest BCUT2D eigenvalue weighted by Gasteiger charge is -2.37. The van der Waals surface area contributed by atoms with Crippen molar-refractivity contribution >= 4 is 17.2 Å². The van der Waals surface area contributed by atoms with Crippen molar-refractivity contribution < 1.29 is 31.1 Å². The zero-order valence-corrected chi connectivity index (χ0v) is 17.7. The zero-order valence-electron chi connectivity index (χ0n) is 17.7. The molecule has 2 aromatic carbocycles. The summed E-state index contributed by atoms with van der Waals surface area (Å²) in [7, 11) is 0. The maximum Gasteiger partial charge on any atom is 0.573 e. The Balaban J connectivity index is 1.67. The number of hydrogen-bond donors (Lipinski definition) is 0. The Labute approximate surface area is 186 Å². The van der Waals surface area contributed by atoms with Crippen LogP contribution in [0.15, 0.2) is 52.4 Å². The van der Waals surface area contributed by atoms with Gasteiger partial charge in [0.15, 0.2) is 5.84 Å². The summed E-state index contributed by atoms with van der Waals surface area (Å²) in [4.78, 5) is 10.2. The molecule has 0 saturated carbocycles. The van der Waals surface area contributed by atoms with E-state index in [9.17, 15) is 26.3 Å². The maximum absolute atomic E-state index is 13.9. The van der Waals surface area contributed by atoms with E-state index in [1.165, 1.54) is 24.3 Å². The summed E-state index contributed by atoms with van der Waals surface area (Å²) in [5, 5.41) is 0. The number of anilines is 1. The number of hydrogen-bond acceptors (Lipinski definition) is 4. The van der Waals surface area contributed by atoms with Crippen LogP contribution in [0.3, 0.4) is 0 Å². The summed E-state index contributed by atoms with van der Waals surface area (Å²) >= 11 is 0. The first-order chi connectivity index (χ1) is 15.5. The molecule has 2 aromatic rings. The lowest BCUT2D eigenvalue weighted by molar-refractivity contribution is -0.274. The lowest BCUT2D eigenvalue weighted by atomic mass is 9.98. The predicted molar refractivity (Wildman–Crippen MR) is 113 cm³/mol. The number of halogens is 6. The van der Waals surface area contributed by atoms with Gasteiger partial charge < -0.3 is 9.64 Å². The first-order valence-electron chi connectivity index (χ1n) is 10.5. The van der Waals surface area contributed by atoms with Gasteiger partial charge in [-0.2, -0.15) is 13.2 Å². The van der Waals surface area contributed by atoms with Crippen LogP contribution in [-0.4, -0.2) is 37.0 Å². The Morgan fingerprint density at radius 2 is 1.76 bits per heavy atom. The SMILES string of the molecule is CC1CCCCN1c1ccc(C2=NC(c3ccccc3OC(F)(F)F)=NC2)cc1C(F)(F)F. The van der Waals surface area contributed by atoms with Gasteiger partial charge in [-0.05, 0) is 56.0 Å². The Bertz CT molecular complexity index is 1090. The molecule has 10 heteroatoms. The molecule has 2 aliphatic heterocycles. The largest absolute Gasteiger partial charge is 0.573 e. The molecule has 1 unspecified atom stereocenters. The molecule has 0 amide bonds. The quantitative estimate of drug-likeness (QED) is 0.498. The molecule has 0 radical (unpaired) electrons. The smallest absolute Gasteiger partial charge is 0.405 e. The molecule has 1 atom stereocenters. The Morgan fingerprint density at radius 3 is 2.45 bits per heavy atom. The Morgan fingerprint density at radius 1 is 1.00 bits per heavy atom. The highest BCUT2D eigenvalue weighted by Gasteiger charge is 2.37. The first kappa shape index (κ1) is 23.1. The molecule has 0 aliphatic carbocycles. The summed E-state index contributed by atoms with van der Waals surface area (Å²) in [5.41, 5.74) is -0.147. The number of nitrogens with zero attached hydrogens (tertiary/aromatic N) is 3. The van der Waals surface area contributed by atoms with Gasteiger partial charge in [0, 0.05) is 18.3 Å². The molecule has 0 bridgehead atoms. The van der Waals surface area contributed by atoms with E-state index in [1.807, 2.05) is 6.92 Å². The van der Waals surface area contributed by atoms with E-state index in [1.54, 1.807) is 11.0 Å². The maximum atomic E-state index is 13.9. The van der Waals surface area contributed by atoms with Gasteiger partial charge in [0.1, 0.15) is 5.75 Å². The molecule has 176 valence electrons. The predicted octanol–water partition coefficient (Wildman–Crippen LogP) is 6.23. The molecule has 0 spiro atoms. The first-order valence-corrected chi connectivity index (χ1v) is 10.5. The second-order valence-electron chi connectivity index (χ2n) is 8.01. The molecule has 1 fully saturated rings. The summed E-state index contributed by atoms with van der Waals surface area (Å²) in [5.74, 6) is -0.494. The fourth-order valence-electron chi connectivity index (χ4n) is 4.16. The standard InChI is InChI=1S/C23H21F6N3O/c1-14-6-4-5-11-32(14)19-10-9-15(12-17(19)22(24,25)26)18-13-30-21(31-18)16-7-2-3-8-20(16)33-23(27,28)29/h2-3,7-10,12,14H,4-6,11,13H2,1H3. The van der Waals surface area contributed by atoms with Crippen molar-refractivity contribution in [1.29, 1.82) is 0 Å². The highest BCUT2D eigenvalue weighted by Crippen LogP contribution is 2.39. The third-order valence-electron chi connectivity index (χ3n) is 5.72. The number of amidine groups is 1. The fraction of sp³-hybridized carbons (Fsp3) is 0.391. The van der Waals surface area contributed by atoms with Crippen LogP contribution in [0, 0.1) is 0 Å². The second kappa shape index (κ2) is 8.72. The van der Waals surface area contributed by atoms with E-state index in [0.717, 1.165) is 31.4 Å². The van der Waals surface area contributed by atoms with Crippen LogP contribution in [0.2, 0.25) is 0 Å². The van der Waals surface area contributed by atoms with Crippen molar-refractivity contribution in [3.63, 3.8) is 0 Å². The molecule has 0 aromatic heterocycles. The summed E-state index contributed by atoms with van der Waals surface area (Å²) in [6.07, 6.45) is -6.84. The van der Waals surface area contributed by atoms with Gasteiger partial charge in [0.2, 0.25) is 0 Å². The minimum absolute atomic E-state index is 0.00501. The monoisotopic (exact) mass is 469 g/mol. The molecular formula is C23H21F6N3O. The average Bonchev–Trinajstić information content (AvgIpc) is 3.22. The van der Waals surface area contributed by atoms with E-state index in [0.29, 0.717) is 6.54 Å². The van der Waals surface area contributed by atoms with Crippen molar-refractivity contribution in [3.8, 4) is 5.75 Å². The highest BCUT2D eigenvalue weighted by atomic mass is 19.4. The van der Waals surface area contributed by atoms with Gasteiger partial charge in [-0.1, -0.05) is 18.2 Å². The fourth-order valence-corrected chi connectivity index (χ4v) is 4.16. The van der Waals surface area contributed by atoms with Gasteiger partial charge in [-0.15, -0.1) is 13.2 Å².